The van der Waals surface area contributed by atoms with Gasteiger partial charge in [0.05, 0.1) is 13.5 Å². The normalized spacial score (nSPS) is 16.3. The van der Waals surface area contributed by atoms with Crippen LogP contribution in [0.25, 0.3) is 0 Å². The van der Waals surface area contributed by atoms with Crippen molar-refractivity contribution < 1.29 is 13.9 Å². The summed E-state index contributed by atoms with van der Waals surface area (Å²) in [6.07, 6.45) is 2.39. The summed E-state index contributed by atoms with van der Waals surface area (Å²) in [6, 6.07) is 14.1. The number of hydrogen-bond donors (Lipinski definition) is 1. The minimum atomic E-state index is -0.260. The maximum Gasteiger partial charge on any atom is 0.227 e. The Hall–Kier alpha value is -2.11. The molecule has 0 aliphatic carbocycles. The van der Waals surface area contributed by atoms with Crippen molar-refractivity contribution in [3.05, 3.63) is 65.5 Å². The van der Waals surface area contributed by atoms with Crippen LogP contribution in [0.3, 0.4) is 0 Å². The van der Waals surface area contributed by atoms with E-state index >= 15 is 0 Å². The number of benzene rings is 2. The number of methoxy groups -OCH3 is 1. The fourth-order valence-electron chi connectivity index (χ4n) is 3.33. The lowest BCUT2D eigenvalue weighted by Crippen LogP contribution is -2.48. The second kappa shape index (κ2) is 10.3. The van der Waals surface area contributed by atoms with E-state index in [-0.39, 0.29) is 30.2 Å². The van der Waals surface area contributed by atoms with Crippen LogP contribution in [0.2, 0.25) is 0 Å². The van der Waals surface area contributed by atoms with Crippen LogP contribution < -0.4 is 10.1 Å². The fourth-order valence-corrected chi connectivity index (χ4v) is 3.33. The van der Waals surface area contributed by atoms with Gasteiger partial charge in [-0.3, -0.25) is 4.79 Å². The maximum atomic E-state index is 13.2. The van der Waals surface area contributed by atoms with E-state index in [4.69, 9.17) is 4.74 Å². The summed E-state index contributed by atoms with van der Waals surface area (Å²) in [6.45, 7) is 2.30. The van der Waals surface area contributed by atoms with Crippen molar-refractivity contribution in [1.82, 2.24) is 10.2 Å². The van der Waals surface area contributed by atoms with E-state index in [9.17, 15) is 9.18 Å². The van der Waals surface area contributed by atoms with Gasteiger partial charge < -0.3 is 15.0 Å². The van der Waals surface area contributed by atoms with Crippen LogP contribution in [0.5, 0.6) is 5.75 Å². The molecule has 4 nitrogen and oxygen atoms in total. The average Bonchev–Trinajstić information content (AvgIpc) is 2.68. The highest BCUT2D eigenvalue weighted by Gasteiger charge is 2.25. The Morgan fingerprint density at radius 2 is 1.81 bits per heavy atom. The third kappa shape index (κ3) is 5.94. The maximum absolute atomic E-state index is 13.2. The number of halogens is 2. The summed E-state index contributed by atoms with van der Waals surface area (Å²) < 4.78 is 18.4. The third-order valence-electron chi connectivity index (χ3n) is 4.81. The van der Waals surface area contributed by atoms with Crippen molar-refractivity contribution in [3.8, 4) is 5.75 Å². The number of amides is 1. The van der Waals surface area contributed by atoms with Gasteiger partial charge in [0, 0.05) is 19.1 Å². The van der Waals surface area contributed by atoms with Gasteiger partial charge in [-0.15, -0.1) is 12.4 Å². The smallest absolute Gasteiger partial charge is 0.227 e. The van der Waals surface area contributed by atoms with E-state index in [0.29, 0.717) is 13.0 Å². The van der Waals surface area contributed by atoms with Gasteiger partial charge >= 0.3 is 0 Å². The van der Waals surface area contributed by atoms with Crippen molar-refractivity contribution >= 4 is 18.3 Å². The van der Waals surface area contributed by atoms with Gasteiger partial charge in [0.1, 0.15) is 11.6 Å². The second-order valence-corrected chi connectivity index (χ2v) is 6.67. The average molecular weight is 393 g/mol. The number of carbonyl (C=O) groups is 1. The molecule has 6 heteroatoms. The highest BCUT2D eigenvalue weighted by atomic mass is 35.5. The van der Waals surface area contributed by atoms with Crippen LogP contribution in [0.4, 0.5) is 4.39 Å². The van der Waals surface area contributed by atoms with E-state index < -0.39 is 0 Å². The zero-order valence-corrected chi connectivity index (χ0v) is 16.3. The molecule has 0 saturated carbocycles. The molecule has 1 heterocycles. The van der Waals surface area contributed by atoms with Gasteiger partial charge in [0.25, 0.3) is 0 Å². The Morgan fingerprint density at radius 3 is 2.41 bits per heavy atom. The van der Waals surface area contributed by atoms with E-state index in [1.54, 1.807) is 19.2 Å². The molecule has 0 unspecified atom stereocenters. The first-order chi connectivity index (χ1) is 12.7. The first-order valence-corrected chi connectivity index (χ1v) is 9.03. The van der Waals surface area contributed by atoms with Crippen molar-refractivity contribution in [2.45, 2.75) is 31.8 Å². The Labute approximate surface area is 166 Å². The van der Waals surface area contributed by atoms with Gasteiger partial charge in [-0.05, 0) is 54.8 Å². The van der Waals surface area contributed by atoms with E-state index in [0.717, 1.165) is 42.8 Å². The van der Waals surface area contributed by atoms with E-state index in [1.807, 2.05) is 29.2 Å². The summed E-state index contributed by atoms with van der Waals surface area (Å²) in [5, 5.41) is 3.37. The Kier molecular flexibility index (Phi) is 8.07. The number of rotatable bonds is 6. The standard InChI is InChI=1S/C21H25FN2O2.ClH/c1-26-20-10-6-16(7-11-20)13-21(25)24(19-3-2-12-23-14-19)15-17-4-8-18(22)9-5-17;/h4-11,19,23H,2-3,12-15H2,1H3;1H/t19-;/m1./s1. The van der Waals surface area contributed by atoms with Gasteiger partial charge in [-0.1, -0.05) is 24.3 Å². The fraction of sp³-hybridized carbons (Fsp3) is 0.381. The summed E-state index contributed by atoms with van der Waals surface area (Å²) in [4.78, 5) is 15.0. The lowest BCUT2D eigenvalue weighted by molar-refractivity contribution is -0.133. The molecule has 0 aromatic heterocycles. The SMILES string of the molecule is COc1ccc(CC(=O)N(Cc2ccc(F)cc2)[C@@H]2CCCNC2)cc1.Cl. The quantitative estimate of drug-likeness (QED) is 0.817. The summed E-state index contributed by atoms with van der Waals surface area (Å²) in [5.74, 6) is 0.609. The molecule has 1 aliphatic rings. The molecule has 146 valence electrons. The highest BCUT2D eigenvalue weighted by Crippen LogP contribution is 2.18. The van der Waals surface area contributed by atoms with Crippen molar-refractivity contribution in [1.29, 1.82) is 0 Å². The summed E-state index contributed by atoms with van der Waals surface area (Å²) in [5.41, 5.74) is 1.91. The van der Waals surface area contributed by atoms with Gasteiger partial charge in [-0.2, -0.15) is 0 Å². The third-order valence-corrected chi connectivity index (χ3v) is 4.81. The van der Waals surface area contributed by atoms with Gasteiger partial charge in [-0.25, -0.2) is 4.39 Å². The predicted octanol–water partition coefficient (Wildman–Crippen LogP) is 3.58. The molecular weight excluding hydrogens is 367 g/mol. The lowest BCUT2D eigenvalue weighted by atomic mass is 10.0. The first-order valence-electron chi connectivity index (χ1n) is 9.03. The zero-order chi connectivity index (χ0) is 18.4. The molecular formula is C21H26ClFN2O2. The van der Waals surface area contributed by atoms with Crippen molar-refractivity contribution in [2.75, 3.05) is 20.2 Å². The molecule has 2 aromatic rings. The number of ether oxygens (including phenoxy) is 1. The highest BCUT2D eigenvalue weighted by molar-refractivity contribution is 5.85. The molecule has 1 atom stereocenters. The van der Waals surface area contributed by atoms with Gasteiger partial charge in [0.15, 0.2) is 0 Å². The summed E-state index contributed by atoms with van der Waals surface area (Å²) in [7, 11) is 1.63. The molecule has 0 bridgehead atoms. The zero-order valence-electron chi connectivity index (χ0n) is 15.5. The number of nitrogens with zero attached hydrogens (tertiary/aromatic N) is 1. The van der Waals surface area contributed by atoms with Gasteiger partial charge in [0.2, 0.25) is 5.91 Å². The second-order valence-electron chi connectivity index (χ2n) is 6.67. The molecule has 0 spiro atoms. The Balaban J connectivity index is 0.00000261. The molecule has 1 N–H and O–H groups in total. The summed E-state index contributed by atoms with van der Waals surface area (Å²) >= 11 is 0. The number of nitrogens with one attached hydrogen (secondary N) is 1. The number of piperidine rings is 1. The molecule has 3 rings (SSSR count). The largest absolute Gasteiger partial charge is 0.497 e. The van der Waals surface area contributed by atoms with Crippen LogP contribution in [-0.4, -0.2) is 37.0 Å². The van der Waals surface area contributed by atoms with E-state index in [2.05, 4.69) is 5.32 Å². The molecule has 1 amide bonds. The Morgan fingerprint density at radius 1 is 1.15 bits per heavy atom. The van der Waals surface area contributed by atoms with Crippen LogP contribution in [0, 0.1) is 5.82 Å². The lowest BCUT2D eigenvalue weighted by Gasteiger charge is -2.35. The van der Waals surface area contributed by atoms with Crippen LogP contribution in [-0.2, 0) is 17.8 Å². The van der Waals surface area contributed by atoms with Crippen molar-refractivity contribution in [3.63, 3.8) is 0 Å². The molecule has 2 aromatic carbocycles. The van der Waals surface area contributed by atoms with Crippen LogP contribution in [0.1, 0.15) is 24.0 Å². The van der Waals surface area contributed by atoms with Crippen LogP contribution in [0.15, 0.2) is 48.5 Å². The van der Waals surface area contributed by atoms with E-state index in [1.165, 1.54) is 12.1 Å². The molecule has 27 heavy (non-hydrogen) atoms. The van der Waals surface area contributed by atoms with Crippen LogP contribution >= 0.6 is 12.4 Å². The number of hydrogen-bond acceptors (Lipinski definition) is 3. The topological polar surface area (TPSA) is 41.6 Å². The first kappa shape index (κ1) is 21.2. The molecule has 1 fully saturated rings. The molecule has 1 aliphatic heterocycles. The minimum Gasteiger partial charge on any atom is -0.497 e. The molecule has 0 radical (unpaired) electrons. The Bertz CT molecular complexity index is 716. The number of carbonyl (C=O) groups excluding carboxylic acids is 1. The predicted molar refractivity (Wildman–Crippen MR) is 107 cm³/mol. The van der Waals surface area contributed by atoms with Crippen molar-refractivity contribution in [2.24, 2.45) is 0 Å². The molecule has 1 saturated heterocycles. The minimum absolute atomic E-state index is 0. The monoisotopic (exact) mass is 392 g/mol.